The lowest BCUT2D eigenvalue weighted by molar-refractivity contribution is 0.911. The van der Waals surface area contributed by atoms with E-state index in [1.165, 1.54) is 14.7 Å². The van der Waals surface area contributed by atoms with Crippen molar-refractivity contribution in [2.75, 3.05) is 5.88 Å². The number of halogens is 3. The highest BCUT2D eigenvalue weighted by Crippen LogP contribution is 2.20. The fraction of sp³-hybridized carbons (Fsp3) is 0.400. The molecule has 0 fully saturated rings. The van der Waals surface area contributed by atoms with Gasteiger partial charge in [0.2, 0.25) is 0 Å². The second kappa shape index (κ2) is 6.10. The minimum absolute atomic E-state index is 0.592. The normalized spacial score (nSPS) is 10.4. The molecule has 1 aromatic rings. The van der Waals surface area contributed by atoms with E-state index in [2.05, 4.69) is 34.7 Å². The minimum atomic E-state index is 0.592. The summed E-state index contributed by atoms with van der Waals surface area (Å²) < 4.78 is 1.29. The topological polar surface area (TPSA) is 0 Å². The maximum absolute atomic E-state index is 5.85. The van der Waals surface area contributed by atoms with Gasteiger partial charge in [-0.15, -0.1) is 23.2 Å². The summed E-state index contributed by atoms with van der Waals surface area (Å²) in [7, 11) is 0. The number of hydrogen-bond donors (Lipinski definition) is 0. The van der Waals surface area contributed by atoms with Gasteiger partial charge in [0.25, 0.3) is 0 Å². The average molecular weight is 329 g/mol. The Morgan fingerprint density at radius 1 is 1.23 bits per heavy atom. The Hall–Kier alpha value is 0.530. The molecule has 0 aromatic heterocycles. The summed E-state index contributed by atoms with van der Waals surface area (Å²) in [6.07, 6.45) is 2.05. The lowest BCUT2D eigenvalue weighted by atomic mass is 10.0. The third kappa shape index (κ3) is 3.30. The smallest absolute Gasteiger partial charge is 0.0477 e. The Morgan fingerprint density at radius 3 is 2.62 bits per heavy atom. The van der Waals surface area contributed by atoms with Gasteiger partial charge in [-0.1, -0.05) is 12.1 Å². The highest BCUT2D eigenvalue weighted by atomic mass is 127. The van der Waals surface area contributed by atoms with Crippen LogP contribution in [0.3, 0.4) is 0 Å². The van der Waals surface area contributed by atoms with Crippen molar-refractivity contribution in [3.8, 4) is 0 Å². The first-order valence-electron chi connectivity index (χ1n) is 4.17. The van der Waals surface area contributed by atoms with Crippen LogP contribution in [-0.2, 0) is 12.3 Å². The van der Waals surface area contributed by atoms with E-state index in [1.54, 1.807) is 0 Å². The van der Waals surface area contributed by atoms with Crippen molar-refractivity contribution >= 4 is 45.8 Å². The van der Waals surface area contributed by atoms with Crippen LogP contribution in [0.25, 0.3) is 0 Å². The summed E-state index contributed by atoms with van der Waals surface area (Å²) in [6.45, 7) is 0. The molecule has 0 atom stereocenters. The maximum atomic E-state index is 5.85. The van der Waals surface area contributed by atoms with Crippen molar-refractivity contribution < 1.29 is 0 Å². The van der Waals surface area contributed by atoms with Crippen LogP contribution >= 0.6 is 45.8 Å². The molecule has 3 heteroatoms. The minimum Gasteiger partial charge on any atom is -0.127 e. The summed E-state index contributed by atoms with van der Waals surface area (Å²) in [6, 6.07) is 6.24. The first-order valence-corrected chi connectivity index (χ1v) is 6.32. The molecular formula is C10H11Cl2I. The Kier molecular flexibility index (Phi) is 5.44. The zero-order valence-corrected chi connectivity index (χ0v) is 10.9. The SMILES string of the molecule is ClCCCc1c(I)cccc1CCl. The fourth-order valence-electron chi connectivity index (χ4n) is 1.25. The number of alkyl halides is 2. The third-order valence-corrected chi connectivity index (χ3v) is 3.49. The van der Waals surface area contributed by atoms with Gasteiger partial charge >= 0.3 is 0 Å². The van der Waals surface area contributed by atoms with Crippen molar-refractivity contribution in [1.82, 2.24) is 0 Å². The van der Waals surface area contributed by atoms with Crippen molar-refractivity contribution in [2.24, 2.45) is 0 Å². The standard InChI is InChI=1S/C10H11Cl2I/c11-6-2-4-9-8(7-12)3-1-5-10(9)13/h1,3,5H,2,4,6-7H2. The number of benzene rings is 1. The molecule has 0 aliphatic carbocycles. The van der Waals surface area contributed by atoms with E-state index in [-0.39, 0.29) is 0 Å². The Labute approximate surface area is 103 Å². The first-order chi connectivity index (χ1) is 6.29. The predicted octanol–water partition coefficient (Wildman–Crippen LogP) is 4.20. The predicted molar refractivity (Wildman–Crippen MR) is 67.8 cm³/mol. The molecule has 0 heterocycles. The largest absolute Gasteiger partial charge is 0.127 e. The number of hydrogen-bond acceptors (Lipinski definition) is 0. The van der Waals surface area contributed by atoms with Gasteiger partial charge in [0, 0.05) is 15.3 Å². The zero-order valence-electron chi connectivity index (χ0n) is 7.19. The molecule has 1 rings (SSSR count). The maximum Gasteiger partial charge on any atom is 0.0477 e. The van der Waals surface area contributed by atoms with Crippen LogP contribution in [0.2, 0.25) is 0 Å². The molecule has 0 unspecified atom stereocenters. The van der Waals surface area contributed by atoms with Crippen LogP contribution in [0.4, 0.5) is 0 Å². The van der Waals surface area contributed by atoms with Crippen LogP contribution in [0, 0.1) is 3.57 Å². The molecule has 0 spiro atoms. The van der Waals surface area contributed by atoms with Gasteiger partial charge in [0.15, 0.2) is 0 Å². The van der Waals surface area contributed by atoms with E-state index in [0.29, 0.717) is 11.8 Å². The van der Waals surface area contributed by atoms with Crippen molar-refractivity contribution in [3.05, 3.63) is 32.9 Å². The second-order valence-electron chi connectivity index (χ2n) is 2.80. The van der Waals surface area contributed by atoms with Crippen LogP contribution in [-0.4, -0.2) is 5.88 Å². The lowest BCUT2D eigenvalue weighted by Gasteiger charge is -2.08. The van der Waals surface area contributed by atoms with Gasteiger partial charge in [-0.25, -0.2) is 0 Å². The van der Waals surface area contributed by atoms with Gasteiger partial charge in [-0.3, -0.25) is 0 Å². The summed E-state index contributed by atoms with van der Waals surface area (Å²) in [5.74, 6) is 1.31. The molecular weight excluding hydrogens is 318 g/mol. The Bertz CT molecular complexity index is 274. The van der Waals surface area contributed by atoms with Gasteiger partial charge < -0.3 is 0 Å². The van der Waals surface area contributed by atoms with Gasteiger partial charge in [0.05, 0.1) is 0 Å². The summed E-state index contributed by atoms with van der Waals surface area (Å²) in [5, 5.41) is 0. The summed E-state index contributed by atoms with van der Waals surface area (Å²) >= 11 is 13.9. The molecule has 72 valence electrons. The molecule has 0 saturated heterocycles. The van der Waals surface area contributed by atoms with Crippen LogP contribution < -0.4 is 0 Å². The molecule has 0 nitrogen and oxygen atoms in total. The van der Waals surface area contributed by atoms with Gasteiger partial charge in [0.1, 0.15) is 0 Å². The van der Waals surface area contributed by atoms with Gasteiger partial charge in [-0.05, 0) is 52.6 Å². The van der Waals surface area contributed by atoms with E-state index >= 15 is 0 Å². The molecule has 0 amide bonds. The van der Waals surface area contributed by atoms with Crippen molar-refractivity contribution in [2.45, 2.75) is 18.7 Å². The molecule has 0 radical (unpaired) electrons. The monoisotopic (exact) mass is 328 g/mol. The first kappa shape index (κ1) is 11.6. The lowest BCUT2D eigenvalue weighted by Crippen LogP contribution is -1.96. The van der Waals surface area contributed by atoms with E-state index < -0.39 is 0 Å². The van der Waals surface area contributed by atoms with Gasteiger partial charge in [-0.2, -0.15) is 0 Å². The van der Waals surface area contributed by atoms with E-state index in [0.717, 1.165) is 12.8 Å². The number of rotatable bonds is 4. The third-order valence-electron chi connectivity index (χ3n) is 1.92. The molecule has 0 N–H and O–H groups in total. The molecule has 0 aliphatic heterocycles. The quantitative estimate of drug-likeness (QED) is 0.574. The summed E-state index contributed by atoms with van der Waals surface area (Å²) in [4.78, 5) is 0. The molecule has 1 aromatic carbocycles. The van der Waals surface area contributed by atoms with E-state index in [9.17, 15) is 0 Å². The summed E-state index contributed by atoms with van der Waals surface area (Å²) in [5.41, 5.74) is 2.59. The highest BCUT2D eigenvalue weighted by Gasteiger charge is 2.04. The Morgan fingerprint density at radius 2 is 2.00 bits per heavy atom. The second-order valence-corrected chi connectivity index (χ2v) is 4.61. The van der Waals surface area contributed by atoms with Crippen LogP contribution in [0.15, 0.2) is 18.2 Å². The molecule has 0 aliphatic rings. The van der Waals surface area contributed by atoms with Crippen LogP contribution in [0.1, 0.15) is 17.5 Å². The Balaban J connectivity index is 2.87. The van der Waals surface area contributed by atoms with E-state index in [4.69, 9.17) is 23.2 Å². The van der Waals surface area contributed by atoms with Crippen LogP contribution in [0.5, 0.6) is 0 Å². The highest BCUT2D eigenvalue weighted by molar-refractivity contribution is 14.1. The molecule has 0 bridgehead atoms. The van der Waals surface area contributed by atoms with Crippen molar-refractivity contribution in [3.63, 3.8) is 0 Å². The molecule has 0 saturated carbocycles. The van der Waals surface area contributed by atoms with E-state index in [1.807, 2.05) is 6.07 Å². The van der Waals surface area contributed by atoms with Crippen molar-refractivity contribution in [1.29, 1.82) is 0 Å². The molecule has 13 heavy (non-hydrogen) atoms. The fourth-order valence-corrected chi connectivity index (χ4v) is 2.46. The zero-order chi connectivity index (χ0) is 9.68. The average Bonchev–Trinajstić information content (AvgIpc) is 2.15.